The van der Waals surface area contributed by atoms with Crippen molar-refractivity contribution in [2.45, 2.75) is 6.04 Å². The number of aryl methyl sites for hydroxylation is 1. The monoisotopic (exact) mass is 377 g/mol. The van der Waals surface area contributed by atoms with Crippen LogP contribution in [-0.4, -0.2) is 52.5 Å². The molecule has 26 heavy (non-hydrogen) atoms. The van der Waals surface area contributed by atoms with E-state index in [-0.39, 0.29) is 43.2 Å². The molecule has 0 saturated carbocycles. The van der Waals surface area contributed by atoms with Gasteiger partial charge < -0.3 is 10.6 Å². The average molecular weight is 378 g/mol. The smallest absolute Gasteiger partial charge is 0.261 e. The Morgan fingerprint density at radius 1 is 1.19 bits per heavy atom. The predicted octanol–water partition coefficient (Wildman–Crippen LogP) is 0.515. The number of imide groups is 1. The molecule has 0 bridgehead atoms. The van der Waals surface area contributed by atoms with Crippen molar-refractivity contribution in [1.82, 2.24) is 25.3 Å². The predicted molar refractivity (Wildman–Crippen MR) is 97.1 cm³/mol. The third-order valence-electron chi connectivity index (χ3n) is 4.12. The Balaban J connectivity index is 0.00000243. The summed E-state index contributed by atoms with van der Waals surface area (Å²) in [4.78, 5) is 38.0. The lowest BCUT2D eigenvalue weighted by Crippen LogP contribution is -2.41. The lowest BCUT2D eigenvalue weighted by atomic mass is 10.1. The molecular weight excluding hydrogens is 358 g/mol. The van der Waals surface area contributed by atoms with Crippen LogP contribution in [0, 0.1) is 0 Å². The molecule has 0 radical (unpaired) electrons. The fraction of sp³-hybridized carbons (Fsp3) is 0.294. The van der Waals surface area contributed by atoms with E-state index in [9.17, 15) is 14.4 Å². The number of likely N-dealkylation sites (N-methyl/N-ethyl adjacent to an activating group) is 1. The molecule has 1 atom stereocenters. The Hall–Kier alpha value is -2.71. The van der Waals surface area contributed by atoms with Crippen molar-refractivity contribution in [3.05, 3.63) is 53.3 Å². The summed E-state index contributed by atoms with van der Waals surface area (Å²) in [6.45, 7) is 0.310. The van der Waals surface area contributed by atoms with Gasteiger partial charge in [0.1, 0.15) is 6.04 Å². The number of hydrogen-bond acceptors (Lipinski definition) is 5. The van der Waals surface area contributed by atoms with Crippen molar-refractivity contribution in [3.63, 3.8) is 0 Å². The van der Waals surface area contributed by atoms with Gasteiger partial charge in [-0.2, -0.15) is 5.10 Å². The number of aromatic nitrogens is 2. The highest BCUT2D eigenvalue weighted by molar-refractivity contribution is 6.21. The SMILES string of the molecule is CNC(C(=O)NCCN1C(=O)c2ccccc2C1=O)c1cnn(C)c1.Cl. The Morgan fingerprint density at radius 2 is 1.81 bits per heavy atom. The van der Waals surface area contributed by atoms with Gasteiger partial charge in [-0.1, -0.05) is 12.1 Å². The normalized spacial score (nSPS) is 14.0. The number of nitrogens with zero attached hydrogens (tertiary/aromatic N) is 3. The molecule has 0 aliphatic carbocycles. The lowest BCUT2D eigenvalue weighted by Gasteiger charge is -2.17. The summed E-state index contributed by atoms with van der Waals surface area (Å²) < 4.78 is 1.62. The molecule has 1 aromatic heterocycles. The van der Waals surface area contributed by atoms with Crippen molar-refractivity contribution >= 4 is 30.1 Å². The molecule has 1 aromatic carbocycles. The highest BCUT2D eigenvalue weighted by Crippen LogP contribution is 2.21. The van der Waals surface area contributed by atoms with E-state index in [4.69, 9.17) is 0 Å². The summed E-state index contributed by atoms with van der Waals surface area (Å²) in [6, 6.07) is 6.17. The van der Waals surface area contributed by atoms with Gasteiger partial charge in [0, 0.05) is 31.9 Å². The van der Waals surface area contributed by atoms with Gasteiger partial charge in [-0.05, 0) is 19.2 Å². The highest BCUT2D eigenvalue weighted by atomic mass is 35.5. The van der Waals surface area contributed by atoms with Crippen LogP contribution in [0.4, 0.5) is 0 Å². The molecule has 1 aliphatic rings. The van der Waals surface area contributed by atoms with Gasteiger partial charge in [0.15, 0.2) is 0 Å². The topological polar surface area (TPSA) is 96.3 Å². The van der Waals surface area contributed by atoms with Gasteiger partial charge in [0.05, 0.1) is 17.3 Å². The van der Waals surface area contributed by atoms with E-state index < -0.39 is 6.04 Å². The minimum atomic E-state index is -0.545. The number of rotatable bonds is 6. The largest absolute Gasteiger partial charge is 0.353 e. The quantitative estimate of drug-likeness (QED) is 0.715. The minimum Gasteiger partial charge on any atom is -0.353 e. The maximum absolute atomic E-state index is 12.3. The molecule has 0 saturated heterocycles. The summed E-state index contributed by atoms with van der Waals surface area (Å²) in [6.07, 6.45) is 3.37. The standard InChI is InChI=1S/C17H19N5O3.ClH/c1-18-14(11-9-20-21(2)10-11)15(23)19-7-8-22-16(24)12-5-3-4-6-13(12)17(22)25;/h3-6,9-10,14,18H,7-8H2,1-2H3,(H,19,23);1H. The Kier molecular flexibility index (Phi) is 6.12. The van der Waals surface area contributed by atoms with Gasteiger partial charge in [-0.25, -0.2) is 0 Å². The first kappa shape index (κ1) is 19.6. The molecule has 0 spiro atoms. The fourth-order valence-electron chi connectivity index (χ4n) is 2.87. The zero-order chi connectivity index (χ0) is 18.0. The lowest BCUT2D eigenvalue weighted by molar-refractivity contribution is -0.123. The fourth-order valence-corrected chi connectivity index (χ4v) is 2.87. The summed E-state index contributed by atoms with van der Waals surface area (Å²) >= 11 is 0. The van der Waals surface area contributed by atoms with Crippen LogP contribution in [-0.2, 0) is 11.8 Å². The molecule has 8 nitrogen and oxygen atoms in total. The zero-order valence-electron chi connectivity index (χ0n) is 14.4. The molecular formula is C17H20ClN5O3. The van der Waals surface area contributed by atoms with Crippen LogP contribution in [0.25, 0.3) is 0 Å². The first-order valence-electron chi connectivity index (χ1n) is 7.91. The highest BCUT2D eigenvalue weighted by Gasteiger charge is 2.34. The average Bonchev–Trinajstić information content (AvgIpc) is 3.13. The van der Waals surface area contributed by atoms with Crippen molar-refractivity contribution in [1.29, 1.82) is 0 Å². The van der Waals surface area contributed by atoms with Crippen LogP contribution in [0.2, 0.25) is 0 Å². The number of carbonyl (C=O) groups is 3. The molecule has 2 aromatic rings. The first-order valence-corrected chi connectivity index (χ1v) is 7.91. The number of fused-ring (bicyclic) bond motifs is 1. The van der Waals surface area contributed by atoms with Crippen LogP contribution < -0.4 is 10.6 Å². The number of halogens is 1. The third-order valence-corrected chi connectivity index (χ3v) is 4.12. The molecule has 3 amide bonds. The van der Waals surface area contributed by atoms with Crippen LogP contribution in [0.3, 0.4) is 0 Å². The van der Waals surface area contributed by atoms with E-state index in [0.717, 1.165) is 10.5 Å². The van der Waals surface area contributed by atoms with Crippen molar-refractivity contribution in [2.75, 3.05) is 20.1 Å². The molecule has 2 N–H and O–H groups in total. The van der Waals surface area contributed by atoms with Gasteiger partial charge in [-0.15, -0.1) is 12.4 Å². The third kappa shape index (κ3) is 3.61. The van der Waals surface area contributed by atoms with E-state index in [2.05, 4.69) is 15.7 Å². The first-order chi connectivity index (χ1) is 12.0. The van der Waals surface area contributed by atoms with Crippen LogP contribution in [0.5, 0.6) is 0 Å². The molecule has 0 fully saturated rings. The molecule has 9 heteroatoms. The van der Waals surface area contributed by atoms with Gasteiger partial charge in [-0.3, -0.25) is 24.0 Å². The van der Waals surface area contributed by atoms with E-state index in [1.165, 1.54) is 0 Å². The summed E-state index contributed by atoms with van der Waals surface area (Å²) in [5, 5.41) is 9.73. The molecule has 1 aliphatic heterocycles. The van der Waals surface area contributed by atoms with E-state index >= 15 is 0 Å². The zero-order valence-corrected chi connectivity index (χ0v) is 15.2. The number of hydrogen-bond donors (Lipinski definition) is 2. The van der Waals surface area contributed by atoms with E-state index in [1.54, 1.807) is 55.4 Å². The van der Waals surface area contributed by atoms with Gasteiger partial charge in [0.2, 0.25) is 5.91 Å². The van der Waals surface area contributed by atoms with Crippen molar-refractivity contribution in [3.8, 4) is 0 Å². The summed E-state index contributed by atoms with van der Waals surface area (Å²) in [5.74, 6) is -0.897. The van der Waals surface area contributed by atoms with E-state index in [0.29, 0.717) is 11.1 Å². The maximum Gasteiger partial charge on any atom is 0.261 e. The number of amides is 3. The molecule has 2 heterocycles. The molecule has 3 rings (SSSR count). The number of carbonyl (C=O) groups excluding carboxylic acids is 3. The minimum absolute atomic E-state index is 0. The van der Waals surface area contributed by atoms with Gasteiger partial charge in [0.25, 0.3) is 11.8 Å². The van der Waals surface area contributed by atoms with Crippen LogP contribution >= 0.6 is 12.4 Å². The second-order valence-electron chi connectivity index (χ2n) is 5.77. The van der Waals surface area contributed by atoms with Crippen LogP contribution in [0.15, 0.2) is 36.7 Å². The second kappa shape index (κ2) is 8.11. The van der Waals surface area contributed by atoms with E-state index in [1.807, 2.05) is 0 Å². The van der Waals surface area contributed by atoms with Gasteiger partial charge >= 0.3 is 0 Å². The second-order valence-corrected chi connectivity index (χ2v) is 5.77. The summed E-state index contributed by atoms with van der Waals surface area (Å²) in [7, 11) is 3.46. The van der Waals surface area contributed by atoms with Crippen LogP contribution in [0.1, 0.15) is 32.3 Å². The Morgan fingerprint density at radius 3 is 2.31 bits per heavy atom. The number of benzene rings is 1. The molecule has 1 unspecified atom stereocenters. The number of nitrogens with one attached hydrogen (secondary N) is 2. The molecule has 138 valence electrons. The van der Waals surface area contributed by atoms with Crippen molar-refractivity contribution < 1.29 is 14.4 Å². The Labute approximate surface area is 157 Å². The van der Waals surface area contributed by atoms with Crippen molar-refractivity contribution in [2.24, 2.45) is 7.05 Å². The summed E-state index contributed by atoms with van der Waals surface area (Å²) in [5.41, 5.74) is 1.55. The maximum atomic E-state index is 12.3. The Bertz CT molecular complexity index is 800.